The summed E-state index contributed by atoms with van der Waals surface area (Å²) in [4.78, 5) is 12.6. The maximum atomic E-state index is 12.6. The second kappa shape index (κ2) is 6.29. The summed E-state index contributed by atoms with van der Waals surface area (Å²) in [7, 11) is 1.61. The predicted molar refractivity (Wildman–Crippen MR) is 99.9 cm³/mol. The molecule has 0 aliphatic carbocycles. The van der Waals surface area contributed by atoms with E-state index in [-0.39, 0.29) is 5.63 Å². The SMILES string of the molecule is COc1cccc2c(=O)oc(-c3ccccc3)c(-c3ccccc3)c12. The Morgan fingerprint density at radius 3 is 2.04 bits per heavy atom. The molecule has 3 aromatic carbocycles. The predicted octanol–water partition coefficient (Wildman–Crippen LogP) is 5.14. The van der Waals surface area contributed by atoms with Crippen molar-refractivity contribution in [2.24, 2.45) is 0 Å². The van der Waals surface area contributed by atoms with E-state index in [1.165, 1.54) is 0 Å². The van der Waals surface area contributed by atoms with Gasteiger partial charge in [0.05, 0.1) is 12.5 Å². The average Bonchev–Trinajstić information content (AvgIpc) is 2.69. The van der Waals surface area contributed by atoms with Gasteiger partial charge in [0.2, 0.25) is 0 Å². The lowest BCUT2D eigenvalue weighted by Gasteiger charge is -2.14. The summed E-state index contributed by atoms with van der Waals surface area (Å²) in [6.07, 6.45) is 0. The van der Waals surface area contributed by atoms with E-state index in [0.717, 1.165) is 22.1 Å². The van der Waals surface area contributed by atoms with Crippen molar-refractivity contribution in [3.63, 3.8) is 0 Å². The van der Waals surface area contributed by atoms with E-state index < -0.39 is 0 Å². The van der Waals surface area contributed by atoms with Gasteiger partial charge in [-0.1, -0.05) is 66.7 Å². The van der Waals surface area contributed by atoms with Gasteiger partial charge in [-0.2, -0.15) is 0 Å². The second-order valence-corrected chi connectivity index (χ2v) is 5.71. The first kappa shape index (κ1) is 15.2. The third-order valence-electron chi connectivity index (χ3n) is 4.24. The zero-order chi connectivity index (χ0) is 17.2. The van der Waals surface area contributed by atoms with Crippen LogP contribution in [0, 0.1) is 0 Å². The molecule has 25 heavy (non-hydrogen) atoms. The lowest BCUT2D eigenvalue weighted by Crippen LogP contribution is -2.04. The molecule has 0 amide bonds. The van der Waals surface area contributed by atoms with Gasteiger partial charge < -0.3 is 9.15 Å². The van der Waals surface area contributed by atoms with Crippen molar-refractivity contribution in [1.82, 2.24) is 0 Å². The van der Waals surface area contributed by atoms with Crippen molar-refractivity contribution >= 4 is 10.8 Å². The van der Waals surface area contributed by atoms with Gasteiger partial charge in [0, 0.05) is 16.5 Å². The van der Waals surface area contributed by atoms with Gasteiger partial charge in [-0.15, -0.1) is 0 Å². The first-order valence-electron chi connectivity index (χ1n) is 8.04. The van der Waals surface area contributed by atoms with Gasteiger partial charge in [-0.25, -0.2) is 4.79 Å². The Labute approximate surface area is 145 Å². The molecule has 0 bridgehead atoms. The molecule has 0 spiro atoms. The normalized spacial score (nSPS) is 10.8. The molecular formula is C22H16O3. The van der Waals surface area contributed by atoms with Gasteiger partial charge in [-0.05, 0) is 17.7 Å². The van der Waals surface area contributed by atoms with Crippen molar-refractivity contribution in [1.29, 1.82) is 0 Å². The molecule has 0 unspecified atom stereocenters. The lowest BCUT2D eigenvalue weighted by atomic mass is 9.95. The van der Waals surface area contributed by atoms with Crippen molar-refractivity contribution < 1.29 is 9.15 Å². The number of hydrogen-bond acceptors (Lipinski definition) is 3. The molecule has 122 valence electrons. The third-order valence-corrected chi connectivity index (χ3v) is 4.24. The van der Waals surface area contributed by atoms with Crippen molar-refractivity contribution in [3.05, 3.63) is 89.3 Å². The first-order valence-corrected chi connectivity index (χ1v) is 8.04. The zero-order valence-corrected chi connectivity index (χ0v) is 13.7. The van der Waals surface area contributed by atoms with Crippen LogP contribution in [0.5, 0.6) is 5.75 Å². The van der Waals surface area contributed by atoms with Crippen LogP contribution >= 0.6 is 0 Å². The number of methoxy groups -OCH3 is 1. The highest BCUT2D eigenvalue weighted by molar-refractivity contribution is 6.04. The van der Waals surface area contributed by atoms with Crippen LogP contribution in [0.1, 0.15) is 0 Å². The number of fused-ring (bicyclic) bond motifs is 1. The van der Waals surface area contributed by atoms with Crippen molar-refractivity contribution in [2.75, 3.05) is 7.11 Å². The minimum absolute atomic E-state index is 0.368. The lowest BCUT2D eigenvalue weighted by molar-refractivity contribution is 0.419. The van der Waals surface area contributed by atoms with E-state index in [1.54, 1.807) is 19.2 Å². The average molecular weight is 328 g/mol. The molecule has 1 aromatic heterocycles. The maximum absolute atomic E-state index is 12.6. The zero-order valence-electron chi connectivity index (χ0n) is 13.7. The van der Waals surface area contributed by atoms with E-state index >= 15 is 0 Å². The summed E-state index contributed by atoms with van der Waals surface area (Å²) >= 11 is 0. The van der Waals surface area contributed by atoms with Gasteiger partial charge in [0.15, 0.2) is 0 Å². The molecule has 0 aliphatic heterocycles. The molecule has 0 aliphatic rings. The van der Waals surface area contributed by atoms with Crippen molar-refractivity contribution in [2.45, 2.75) is 0 Å². The van der Waals surface area contributed by atoms with Gasteiger partial charge in [0.1, 0.15) is 11.5 Å². The maximum Gasteiger partial charge on any atom is 0.344 e. The van der Waals surface area contributed by atoms with E-state index in [9.17, 15) is 4.79 Å². The molecule has 0 atom stereocenters. The van der Waals surface area contributed by atoms with Crippen LogP contribution in [0.3, 0.4) is 0 Å². The molecule has 0 saturated heterocycles. The van der Waals surface area contributed by atoms with Crippen LogP contribution in [-0.2, 0) is 0 Å². The first-order chi connectivity index (χ1) is 12.3. The van der Waals surface area contributed by atoms with Crippen LogP contribution in [0.2, 0.25) is 0 Å². The van der Waals surface area contributed by atoms with Crippen LogP contribution in [0.4, 0.5) is 0 Å². The Morgan fingerprint density at radius 2 is 1.40 bits per heavy atom. The molecule has 0 fully saturated rings. The number of ether oxygens (including phenoxy) is 1. The fraction of sp³-hybridized carbons (Fsp3) is 0.0455. The third kappa shape index (κ3) is 2.60. The Bertz CT molecular complexity index is 1080. The number of benzene rings is 3. The Balaban J connectivity index is 2.21. The number of rotatable bonds is 3. The highest BCUT2D eigenvalue weighted by atomic mass is 16.5. The molecule has 3 nitrogen and oxygen atoms in total. The largest absolute Gasteiger partial charge is 0.496 e. The Hall–Kier alpha value is -3.33. The quantitative estimate of drug-likeness (QED) is 0.523. The molecule has 0 N–H and O–H groups in total. The monoisotopic (exact) mass is 328 g/mol. The van der Waals surface area contributed by atoms with Crippen LogP contribution in [-0.4, -0.2) is 7.11 Å². The summed E-state index contributed by atoms with van der Waals surface area (Å²) in [5, 5.41) is 1.28. The molecule has 4 rings (SSSR count). The van der Waals surface area contributed by atoms with E-state index in [2.05, 4.69) is 0 Å². The van der Waals surface area contributed by atoms with Crippen LogP contribution < -0.4 is 10.4 Å². The Morgan fingerprint density at radius 1 is 0.760 bits per heavy atom. The summed E-state index contributed by atoms with van der Waals surface area (Å²) < 4.78 is 11.3. The minimum Gasteiger partial charge on any atom is -0.496 e. The summed E-state index contributed by atoms with van der Waals surface area (Å²) in [6, 6.07) is 25.0. The van der Waals surface area contributed by atoms with Gasteiger partial charge >= 0.3 is 5.63 Å². The van der Waals surface area contributed by atoms with Gasteiger partial charge in [-0.3, -0.25) is 0 Å². The van der Waals surface area contributed by atoms with E-state index in [1.807, 2.05) is 66.7 Å². The summed E-state index contributed by atoms with van der Waals surface area (Å²) in [6.45, 7) is 0. The standard InChI is InChI=1S/C22H16O3/c1-24-18-14-8-13-17-20(18)19(15-9-4-2-5-10-15)21(25-22(17)23)16-11-6-3-7-12-16/h2-14H,1H3. The van der Waals surface area contributed by atoms with Gasteiger partial charge in [0.25, 0.3) is 0 Å². The van der Waals surface area contributed by atoms with E-state index in [4.69, 9.17) is 9.15 Å². The van der Waals surface area contributed by atoms with E-state index in [0.29, 0.717) is 16.9 Å². The molecule has 1 heterocycles. The second-order valence-electron chi connectivity index (χ2n) is 5.71. The minimum atomic E-state index is -0.368. The fourth-order valence-electron chi connectivity index (χ4n) is 3.11. The molecule has 3 heteroatoms. The van der Waals surface area contributed by atoms with Crippen molar-refractivity contribution in [3.8, 4) is 28.2 Å². The fourth-order valence-corrected chi connectivity index (χ4v) is 3.11. The summed E-state index contributed by atoms with van der Waals surface area (Å²) in [5.41, 5.74) is 2.32. The topological polar surface area (TPSA) is 39.4 Å². The smallest absolute Gasteiger partial charge is 0.344 e. The highest BCUT2D eigenvalue weighted by Crippen LogP contribution is 2.40. The molecule has 4 aromatic rings. The van der Waals surface area contributed by atoms with Crippen LogP contribution in [0.15, 0.2) is 88.1 Å². The number of hydrogen-bond donors (Lipinski definition) is 0. The highest BCUT2D eigenvalue weighted by Gasteiger charge is 2.19. The van der Waals surface area contributed by atoms with Crippen LogP contribution in [0.25, 0.3) is 33.2 Å². The summed E-state index contributed by atoms with van der Waals surface area (Å²) in [5.74, 6) is 1.20. The Kier molecular flexibility index (Phi) is 3.82. The molecule has 0 radical (unpaired) electrons. The molecule has 0 saturated carbocycles. The molecular weight excluding hydrogens is 312 g/mol.